The zero-order valence-corrected chi connectivity index (χ0v) is 13.8. The number of imidazole rings is 1. The SMILES string of the molecule is CC(C)COCCn1c(=S)[nH]c2cc(I)c(F)cc21. The fourth-order valence-corrected chi connectivity index (χ4v) is 2.62. The topological polar surface area (TPSA) is 29.9 Å². The highest BCUT2D eigenvalue weighted by Gasteiger charge is 2.08. The molecule has 0 radical (unpaired) electrons. The molecule has 0 bridgehead atoms. The Morgan fingerprint density at radius 3 is 2.89 bits per heavy atom. The van der Waals surface area contributed by atoms with Crippen molar-refractivity contribution in [3.05, 3.63) is 26.3 Å². The Morgan fingerprint density at radius 1 is 1.47 bits per heavy atom. The van der Waals surface area contributed by atoms with Crippen LogP contribution in [0.1, 0.15) is 13.8 Å². The van der Waals surface area contributed by atoms with E-state index in [0.29, 0.717) is 27.4 Å². The first-order valence-electron chi connectivity index (χ1n) is 6.14. The van der Waals surface area contributed by atoms with E-state index in [1.165, 1.54) is 6.07 Å². The molecule has 1 N–H and O–H groups in total. The second-order valence-electron chi connectivity index (χ2n) is 4.83. The number of nitrogens with one attached hydrogen (secondary N) is 1. The molecule has 0 aliphatic heterocycles. The van der Waals surface area contributed by atoms with E-state index in [-0.39, 0.29) is 5.82 Å². The Balaban J connectivity index is 2.20. The molecule has 3 nitrogen and oxygen atoms in total. The van der Waals surface area contributed by atoms with Crippen LogP contribution in [0.2, 0.25) is 0 Å². The van der Waals surface area contributed by atoms with E-state index in [2.05, 4.69) is 18.8 Å². The zero-order chi connectivity index (χ0) is 14.0. The highest BCUT2D eigenvalue weighted by atomic mass is 127. The van der Waals surface area contributed by atoms with Crippen LogP contribution in [0.3, 0.4) is 0 Å². The van der Waals surface area contributed by atoms with E-state index >= 15 is 0 Å². The number of aromatic nitrogens is 2. The summed E-state index contributed by atoms with van der Waals surface area (Å²) in [5.74, 6) is 0.286. The molecule has 2 aromatic rings. The van der Waals surface area contributed by atoms with E-state index in [4.69, 9.17) is 17.0 Å². The Kier molecular flexibility index (Phi) is 4.97. The van der Waals surface area contributed by atoms with E-state index in [9.17, 15) is 4.39 Å². The molecule has 0 aliphatic carbocycles. The van der Waals surface area contributed by atoms with E-state index in [0.717, 1.165) is 17.6 Å². The molecular weight excluding hydrogens is 378 g/mol. The van der Waals surface area contributed by atoms with Crippen molar-refractivity contribution in [2.75, 3.05) is 13.2 Å². The number of H-pyrrole nitrogens is 1. The van der Waals surface area contributed by atoms with Gasteiger partial charge in [0.2, 0.25) is 0 Å². The second-order valence-corrected chi connectivity index (χ2v) is 6.38. The number of fused-ring (bicyclic) bond motifs is 1. The minimum atomic E-state index is -0.223. The van der Waals surface area contributed by atoms with Gasteiger partial charge in [-0.05, 0) is 46.8 Å². The maximum atomic E-state index is 13.6. The van der Waals surface area contributed by atoms with Crippen molar-refractivity contribution in [1.82, 2.24) is 9.55 Å². The highest BCUT2D eigenvalue weighted by Crippen LogP contribution is 2.20. The van der Waals surface area contributed by atoms with Gasteiger partial charge in [0.05, 0.1) is 21.2 Å². The fraction of sp³-hybridized carbons (Fsp3) is 0.462. The van der Waals surface area contributed by atoms with Crippen molar-refractivity contribution in [2.24, 2.45) is 5.92 Å². The summed E-state index contributed by atoms with van der Waals surface area (Å²) in [7, 11) is 0. The molecule has 1 aromatic heterocycles. The lowest BCUT2D eigenvalue weighted by molar-refractivity contribution is 0.103. The summed E-state index contributed by atoms with van der Waals surface area (Å²) in [6.07, 6.45) is 0. The van der Waals surface area contributed by atoms with Gasteiger partial charge in [0, 0.05) is 19.2 Å². The molecular formula is C13H16FIN2OS. The average molecular weight is 394 g/mol. The monoisotopic (exact) mass is 394 g/mol. The summed E-state index contributed by atoms with van der Waals surface area (Å²) < 4.78 is 22.3. The van der Waals surface area contributed by atoms with Crippen molar-refractivity contribution in [2.45, 2.75) is 20.4 Å². The molecule has 6 heteroatoms. The third-order valence-corrected chi connectivity index (χ3v) is 3.88. The van der Waals surface area contributed by atoms with E-state index in [1.54, 1.807) is 6.07 Å². The van der Waals surface area contributed by atoms with Gasteiger partial charge in [-0.3, -0.25) is 0 Å². The third-order valence-electron chi connectivity index (χ3n) is 2.73. The van der Waals surface area contributed by atoms with Gasteiger partial charge in [0.25, 0.3) is 0 Å². The molecule has 0 atom stereocenters. The lowest BCUT2D eigenvalue weighted by Crippen LogP contribution is -2.09. The number of rotatable bonds is 5. The fourth-order valence-electron chi connectivity index (χ4n) is 1.85. The standard InChI is InChI=1S/C13H16FIN2OS/c1-8(2)7-18-4-3-17-12-5-9(14)10(15)6-11(12)16-13(17)19/h5-6,8H,3-4,7H2,1-2H3,(H,16,19). The minimum Gasteiger partial charge on any atom is -0.379 e. The Morgan fingerprint density at radius 2 is 2.21 bits per heavy atom. The molecule has 1 aromatic carbocycles. The molecule has 1 heterocycles. The smallest absolute Gasteiger partial charge is 0.178 e. The van der Waals surface area contributed by atoms with E-state index < -0.39 is 0 Å². The van der Waals surface area contributed by atoms with Gasteiger partial charge < -0.3 is 14.3 Å². The van der Waals surface area contributed by atoms with Crippen LogP contribution in [-0.4, -0.2) is 22.8 Å². The Bertz CT molecular complexity index is 635. The Hall–Kier alpha value is -0.470. The largest absolute Gasteiger partial charge is 0.379 e. The first kappa shape index (κ1) is 14.9. The first-order valence-corrected chi connectivity index (χ1v) is 7.63. The predicted octanol–water partition coefficient (Wildman–Crippen LogP) is 4.12. The molecule has 19 heavy (non-hydrogen) atoms. The van der Waals surface area contributed by atoms with Crippen molar-refractivity contribution in [3.63, 3.8) is 0 Å². The van der Waals surface area contributed by atoms with Gasteiger partial charge in [-0.25, -0.2) is 4.39 Å². The van der Waals surface area contributed by atoms with Gasteiger partial charge in [-0.1, -0.05) is 13.8 Å². The number of benzene rings is 1. The molecule has 104 valence electrons. The van der Waals surface area contributed by atoms with Crippen LogP contribution in [0, 0.1) is 20.1 Å². The van der Waals surface area contributed by atoms with Gasteiger partial charge in [-0.15, -0.1) is 0 Å². The summed E-state index contributed by atoms with van der Waals surface area (Å²) in [5, 5.41) is 0. The molecule has 0 amide bonds. The van der Waals surface area contributed by atoms with Crippen molar-refractivity contribution in [1.29, 1.82) is 0 Å². The molecule has 0 spiro atoms. The van der Waals surface area contributed by atoms with Gasteiger partial charge >= 0.3 is 0 Å². The summed E-state index contributed by atoms with van der Waals surface area (Å²) in [6.45, 7) is 6.14. The molecule has 0 fully saturated rings. The van der Waals surface area contributed by atoms with Crippen LogP contribution in [0.15, 0.2) is 12.1 Å². The predicted molar refractivity (Wildman–Crippen MR) is 85.5 cm³/mol. The van der Waals surface area contributed by atoms with Crippen LogP contribution in [0.4, 0.5) is 4.39 Å². The number of nitrogens with zero attached hydrogens (tertiary/aromatic N) is 1. The van der Waals surface area contributed by atoms with E-state index in [1.807, 2.05) is 27.2 Å². The quantitative estimate of drug-likeness (QED) is 0.470. The summed E-state index contributed by atoms with van der Waals surface area (Å²) in [5.41, 5.74) is 1.65. The summed E-state index contributed by atoms with van der Waals surface area (Å²) >= 11 is 7.24. The number of hydrogen-bond acceptors (Lipinski definition) is 2. The number of hydrogen-bond donors (Lipinski definition) is 1. The van der Waals surface area contributed by atoms with Crippen LogP contribution < -0.4 is 0 Å². The first-order chi connectivity index (χ1) is 8.99. The van der Waals surface area contributed by atoms with Gasteiger partial charge in [0.1, 0.15) is 5.82 Å². The second kappa shape index (κ2) is 6.32. The minimum absolute atomic E-state index is 0.223. The van der Waals surface area contributed by atoms with Crippen molar-refractivity contribution in [3.8, 4) is 0 Å². The van der Waals surface area contributed by atoms with Crippen LogP contribution in [0.25, 0.3) is 11.0 Å². The summed E-state index contributed by atoms with van der Waals surface area (Å²) in [4.78, 5) is 3.10. The van der Waals surface area contributed by atoms with Gasteiger partial charge in [0.15, 0.2) is 4.77 Å². The van der Waals surface area contributed by atoms with Crippen molar-refractivity contribution >= 4 is 45.8 Å². The number of aromatic amines is 1. The molecule has 2 rings (SSSR count). The summed E-state index contributed by atoms with van der Waals surface area (Å²) in [6, 6.07) is 3.29. The number of ether oxygens (including phenoxy) is 1. The molecule has 0 saturated heterocycles. The number of halogens is 2. The average Bonchev–Trinajstić information content (AvgIpc) is 2.61. The van der Waals surface area contributed by atoms with Crippen LogP contribution in [-0.2, 0) is 11.3 Å². The maximum absolute atomic E-state index is 13.6. The molecule has 0 saturated carbocycles. The lowest BCUT2D eigenvalue weighted by Gasteiger charge is -2.08. The Labute approximate surface area is 130 Å². The zero-order valence-electron chi connectivity index (χ0n) is 10.9. The third kappa shape index (κ3) is 3.55. The van der Waals surface area contributed by atoms with Crippen LogP contribution in [0.5, 0.6) is 0 Å². The highest BCUT2D eigenvalue weighted by molar-refractivity contribution is 14.1. The van der Waals surface area contributed by atoms with Crippen molar-refractivity contribution < 1.29 is 9.13 Å². The van der Waals surface area contributed by atoms with Crippen LogP contribution >= 0.6 is 34.8 Å². The normalized spacial score (nSPS) is 11.6. The molecule has 0 unspecified atom stereocenters. The van der Waals surface area contributed by atoms with Gasteiger partial charge in [-0.2, -0.15) is 0 Å². The maximum Gasteiger partial charge on any atom is 0.178 e. The lowest BCUT2D eigenvalue weighted by atomic mass is 10.2. The molecule has 0 aliphatic rings.